The zero-order valence-corrected chi connectivity index (χ0v) is 17.1. The number of nitrogens with zero attached hydrogens (tertiary/aromatic N) is 1. The van der Waals surface area contributed by atoms with Crippen molar-refractivity contribution in [1.29, 1.82) is 0 Å². The predicted molar refractivity (Wildman–Crippen MR) is 110 cm³/mol. The number of rotatable bonds is 4. The fourth-order valence-corrected chi connectivity index (χ4v) is 3.64. The average molecular weight is 353 g/mol. The monoisotopic (exact) mass is 352 g/mol. The molecular formula is C21H28N2OSi. The van der Waals surface area contributed by atoms with E-state index in [9.17, 15) is 0 Å². The Kier molecular flexibility index (Phi) is 4.41. The molecule has 25 heavy (non-hydrogen) atoms. The van der Waals surface area contributed by atoms with Crippen molar-refractivity contribution in [2.45, 2.75) is 38.9 Å². The quantitative estimate of drug-likeness (QED) is 0.557. The summed E-state index contributed by atoms with van der Waals surface area (Å²) < 4.78 is 8.67. The van der Waals surface area contributed by atoms with Gasteiger partial charge < -0.3 is 14.3 Å². The van der Waals surface area contributed by atoms with Crippen LogP contribution in [-0.4, -0.2) is 12.9 Å². The fourth-order valence-electron chi connectivity index (χ4n) is 2.60. The molecule has 132 valence electrons. The third-order valence-electron chi connectivity index (χ3n) is 5.22. The highest BCUT2D eigenvalue weighted by molar-refractivity contribution is 6.74. The normalized spacial score (nSPS) is 12.4. The Morgan fingerprint density at radius 1 is 1.00 bits per heavy atom. The molecule has 2 aromatic carbocycles. The highest BCUT2D eigenvalue weighted by atomic mass is 28.4. The number of aryl methyl sites for hydroxylation is 1. The first kappa shape index (κ1) is 17.6. The van der Waals surface area contributed by atoms with E-state index in [1.165, 1.54) is 10.9 Å². The smallest absolute Gasteiger partial charge is 0.250 e. The summed E-state index contributed by atoms with van der Waals surface area (Å²) in [5.74, 6) is 0.933. The first-order valence-electron chi connectivity index (χ1n) is 8.77. The van der Waals surface area contributed by atoms with Gasteiger partial charge in [0.15, 0.2) is 0 Å². The number of anilines is 2. The Morgan fingerprint density at radius 2 is 1.72 bits per heavy atom. The van der Waals surface area contributed by atoms with Gasteiger partial charge in [-0.3, -0.25) is 0 Å². The summed E-state index contributed by atoms with van der Waals surface area (Å²) in [7, 11) is 0.189. The van der Waals surface area contributed by atoms with Gasteiger partial charge in [-0.05, 0) is 54.5 Å². The Bertz CT molecular complexity index is 890. The predicted octanol–water partition coefficient (Wildman–Crippen LogP) is 6.31. The lowest BCUT2D eigenvalue weighted by molar-refractivity contribution is 0.494. The van der Waals surface area contributed by atoms with Crippen molar-refractivity contribution in [2.24, 2.45) is 7.05 Å². The van der Waals surface area contributed by atoms with E-state index in [2.05, 4.69) is 93.4 Å². The van der Waals surface area contributed by atoms with Crippen LogP contribution in [0.5, 0.6) is 5.75 Å². The van der Waals surface area contributed by atoms with E-state index in [1.54, 1.807) is 0 Å². The molecule has 1 heterocycles. The molecule has 0 fully saturated rings. The van der Waals surface area contributed by atoms with Gasteiger partial charge in [-0.1, -0.05) is 32.9 Å². The lowest BCUT2D eigenvalue weighted by Gasteiger charge is -2.37. The Balaban J connectivity index is 1.90. The minimum atomic E-state index is -1.88. The summed E-state index contributed by atoms with van der Waals surface area (Å²) in [5.41, 5.74) is 3.32. The molecule has 1 N–H and O–H groups in total. The van der Waals surface area contributed by atoms with Gasteiger partial charge in [0.1, 0.15) is 5.75 Å². The second-order valence-corrected chi connectivity index (χ2v) is 12.9. The topological polar surface area (TPSA) is 26.2 Å². The van der Waals surface area contributed by atoms with E-state index >= 15 is 0 Å². The number of fused-ring (bicyclic) bond motifs is 1. The van der Waals surface area contributed by atoms with E-state index in [1.807, 2.05) is 12.1 Å². The summed E-state index contributed by atoms with van der Waals surface area (Å²) in [6.07, 6.45) is 2.09. The number of nitrogens with one attached hydrogen (secondary N) is 1. The molecule has 0 radical (unpaired) electrons. The molecule has 0 aliphatic carbocycles. The molecule has 0 bridgehead atoms. The van der Waals surface area contributed by atoms with E-state index < -0.39 is 8.32 Å². The Labute approximate surface area is 151 Å². The van der Waals surface area contributed by atoms with E-state index in [0.717, 1.165) is 17.1 Å². The summed E-state index contributed by atoms with van der Waals surface area (Å²) in [5, 5.41) is 4.94. The molecule has 0 atom stereocenters. The van der Waals surface area contributed by atoms with Crippen LogP contribution in [0.25, 0.3) is 10.9 Å². The molecule has 0 saturated heterocycles. The Morgan fingerprint density at radius 3 is 2.44 bits per heavy atom. The number of benzene rings is 2. The van der Waals surface area contributed by atoms with E-state index in [4.69, 9.17) is 4.43 Å². The maximum absolute atomic E-state index is 6.53. The summed E-state index contributed by atoms with van der Waals surface area (Å²) in [6, 6.07) is 16.8. The molecule has 4 heteroatoms. The maximum atomic E-state index is 6.53. The van der Waals surface area contributed by atoms with Gasteiger partial charge in [-0.25, -0.2) is 0 Å². The van der Waals surface area contributed by atoms with Crippen LogP contribution in [0.3, 0.4) is 0 Å². The number of para-hydroxylation sites is 2. The van der Waals surface area contributed by atoms with E-state index in [-0.39, 0.29) is 5.04 Å². The summed E-state index contributed by atoms with van der Waals surface area (Å²) in [4.78, 5) is 0. The van der Waals surface area contributed by atoms with Crippen molar-refractivity contribution in [1.82, 2.24) is 4.57 Å². The molecule has 0 aliphatic heterocycles. The number of hydrogen-bond donors (Lipinski definition) is 1. The lowest BCUT2D eigenvalue weighted by Crippen LogP contribution is -2.44. The molecule has 3 aromatic rings. The molecule has 0 spiro atoms. The zero-order valence-electron chi connectivity index (χ0n) is 16.1. The van der Waals surface area contributed by atoms with Crippen LogP contribution < -0.4 is 9.74 Å². The molecule has 3 nitrogen and oxygen atoms in total. The molecule has 0 saturated carbocycles. The number of aromatic nitrogens is 1. The highest BCUT2D eigenvalue weighted by Crippen LogP contribution is 2.39. The zero-order chi connectivity index (χ0) is 18.2. The van der Waals surface area contributed by atoms with Crippen LogP contribution >= 0.6 is 0 Å². The fraction of sp³-hybridized carbons (Fsp3) is 0.333. The van der Waals surface area contributed by atoms with Gasteiger partial charge in [0.25, 0.3) is 8.32 Å². The second kappa shape index (κ2) is 6.26. The van der Waals surface area contributed by atoms with Crippen molar-refractivity contribution in [3.8, 4) is 5.75 Å². The van der Waals surface area contributed by atoms with Gasteiger partial charge in [0.2, 0.25) is 0 Å². The van der Waals surface area contributed by atoms with Crippen LogP contribution in [0.2, 0.25) is 18.1 Å². The van der Waals surface area contributed by atoms with Crippen molar-refractivity contribution >= 4 is 30.6 Å². The SMILES string of the molecule is Cn1ccc2cc(Nc3ccccc3O[Si](C)(C)C(C)(C)C)ccc21. The van der Waals surface area contributed by atoms with Crippen LogP contribution in [0.15, 0.2) is 54.7 Å². The minimum Gasteiger partial charge on any atom is -0.542 e. The summed E-state index contributed by atoms with van der Waals surface area (Å²) >= 11 is 0. The van der Waals surface area contributed by atoms with Crippen LogP contribution in [0.4, 0.5) is 11.4 Å². The molecule has 0 unspecified atom stereocenters. The molecule has 0 aliphatic rings. The molecular weight excluding hydrogens is 324 g/mol. The van der Waals surface area contributed by atoms with Gasteiger partial charge in [-0.2, -0.15) is 0 Å². The Hall–Kier alpha value is -2.20. The highest BCUT2D eigenvalue weighted by Gasteiger charge is 2.39. The average Bonchev–Trinajstić information content (AvgIpc) is 2.89. The van der Waals surface area contributed by atoms with Gasteiger partial charge >= 0.3 is 0 Å². The van der Waals surface area contributed by atoms with Crippen molar-refractivity contribution in [3.05, 3.63) is 54.7 Å². The summed E-state index contributed by atoms with van der Waals surface area (Å²) in [6.45, 7) is 11.3. The van der Waals surface area contributed by atoms with Crippen LogP contribution in [-0.2, 0) is 7.05 Å². The van der Waals surface area contributed by atoms with Crippen molar-refractivity contribution < 1.29 is 4.43 Å². The third kappa shape index (κ3) is 3.59. The van der Waals surface area contributed by atoms with Crippen molar-refractivity contribution in [2.75, 3.05) is 5.32 Å². The molecule has 1 aromatic heterocycles. The van der Waals surface area contributed by atoms with Gasteiger partial charge in [0, 0.05) is 29.8 Å². The molecule has 0 amide bonds. The van der Waals surface area contributed by atoms with Crippen molar-refractivity contribution in [3.63, 3.8) is 0 Å². The van der Waals surface area contributed by atoms with Gasteiger partial charge in [0.05, 0.1) is 5.69 Å². The third-order valence-corrected chi connectivity index (χ3v) is 9.57. The minimum absolute atomic E-state index is 0.170. The first-order chi connectivity index (χ1) is 11.7. The van der Waals surface area contributed by atoms with Gasteiger partial charge in [-0.15, -0.1) is 0 Å². The lowest BCUT2D eigenvalue weighted by atomic mass is 10.2. The number of hydrogen-bond acceptors (Lipinski definition) is 2. The first-order valence-corrected chi connectivity index (χ1v) is 11.7. The largest absolute Gasteiger partial charge is 0.542 e. The standard InChI is InChI=1S/C21H28N2OSi/c1-21(2,3)25(5,6)24-20-10-8-7-9-18(20)22-17-11-12-19-16(15-17)13-14-23(19)4/h7-15,22H,1-6H3. The molecule has 3 rings (SSSR count). The second-order valence-electron chi connectivity index (χ2n) is 8.18. The van der Waals surface area contributed by atoms with Crippen LogP contribution in [0.1, 0.15) is 20.8 Å². The maximum Gasteiger partial charge on any atom is 0.250 e. The van der Waals surface area contributed by atoms with E-state index in [0.29, 0.717) is 0 Å². The van der Waals surface area contributed by atoms with Crippen LogP contribution in [0, 0.1) is 0 Å².